The molecule has 0 aliphatic heterocycles. The van der Waals surface area contributed by atoms with Gasteiger partial charge in [0.25, 0.3) is 5.91 Å². The number of hydrogen-bond donors (Lipinski definition) is 1. The summed E-state index contributed by atoms with van der Waals surface area (Å²) in [5.41, 5.74) is 0.370. The first-order valence-corrected chi connectivity index (χ1v) is 8.05. The lowest BCUT2D eigenvalue weighted by Crippen LogP contribution is -2.21. The molecule has 0 aliphatic rings. The van der Waals surface area contributed by atoms with Crippen LogP contribution >= 0.6 is 23.2 Å². The van der Waals surface area contributed by atoms with Crippen LogP contribution in [0.2, 0.25) is 10.0 Å². The molecule has 0 spiro atoms. The number of amides is 1. The van der Waals surface area contributed by atoms with Gasteiger partial charge in [-0.05, 0) is 29.0 Å². The fraction of sp³-hybridized carbons (Fsp3) is 0.0556. The van der Waals surface area contributed by atoms with E-state index in [1.807, 2.05) is 30.3 Å². The van der Waals surface area contributed by atoms with Crippen molar-refractivity contribution in [3.63, 3.8) is 0 Å². The summed E-state index contributed by atoms with van der Waals surface area (Å²) in [5.74, 6) is -0.986. The number of halogens is 2. The van der Waals surface area contributed by atoms with Crippen molar-refractivity contribution in [2.45, 2.75) is 0 Å². The fourth-order valence-corrected chi connectivity index (χ4v) is 2.63. The van der Waals surface area contributed by atoms with E-state index in [4.69, 9.17) is 27.9 Å². The van der Waals surface area contributed by atoms with E-state index in [9.17, 15) is 9.59 Å². The van der Waals surface area contributed by atoms with Gasteiger partial charge in [0.15, 0.2) is 12.4 Å². The van der Waals surface area contributed by atoms with Crippen molar-refractivity contribution in [1.29, 1.82) is 0 Å². The molecule has 0 saturated heterocycles. The second-order valence-electron chi connectivity index (χ2n) is 5.17. The molecule has 7 heteroatoms. The number of rotatable bonds is 4. The molecule has 1 N–H and O–H groups in total. The molecule has 0 bridgehead atoms. The van der Waals surface area contributed by atoms with Crippen molar-refractivity contribution in [3.8, 4) is 0 Å². The number of fused-ring (bicyclic) bond motifs is 1. The van der Waals surface area contributed by atoms with Gasteiger partial charge >= 0.3 is 5.97 Å². The Hall–Kier alpha value is -2.63. The molecule has 0 fully saturated rings. The molecule has 1 amide bonds. The summed E-state index contributed by atoms with van der Waals surface area (Å²) >= 11 is 11.7. The summed E-state index contributed by atoms with van der Waals surface area (Å²) in [6.45, 7) is -0.452. The highest BCUT2D eigenvalue weighted by Crippen LogP contribution is 2.22. The van der Waals surface area contributed by atoms with Gasteiger partial charge in [0.2, 0.25) is 0 Å². The summed E-state index contributed by atoms with van der Waals surface area (Å²) in [6.07, 6.45) is 1.35. The minimum Gasteiger partial charge on any atom is -0.452 e. The van der Waals surface area contributed by atoms with Gasteiger partial charge in [-0.2, -0.15) is 0 Å². The van der Waals surface area contributed by atoms with Gasteiger partial charge in [-0.25, -0.2) is 9.78 Å². The van der Waals surface area contributed by atoms with E-state index in [2.05, 4.69) is 10.3 Å². The van der Waals surface area contributed by atoms with Gasteiger partial charge < -0.3 is 10.1 Å². The first-order chi connectivity index (χ1) is 12.0. The molecule has 0 aliphatic carbocycles. The van der Waals surface area contributed by atoms with Crippen LogP contribution in [-0.2, 0) is 9.53 Å². The molecular formula is C18H12Cl2N2O3. The Morgan fingerprint density at radius 1 is 1.04 bits per heavy atom. The van der Waals surface area contributed by atoms with Gasteiger partial charge in [-0.1, -0.05) is 53.5 Å². The highest BCUT2D eigenvalue weighted by Gasteiger charge is 2.12. The number of nitrogens with one attached hydrogen (secondary N) is 1. The molecule has 1 aromatic heterocycles. The third-order valence-corrected chi connectivity index (χ3v) is 3.88. The number of aromatic nitrogens is 1. The molecule has 0 atom stereocenters. The lowest BCUT2D eigenvalue weighted by Gasteiger charge is -2.08. The van der Waals surface area contributed by atoms with Crippen LogP contribution in [0.5, 0.6) is 0 Å². The Kier molecular flexibility index (Phi) is 5.16. The van der Waals surface area contributed by atoms with Crippen LogP contribution < -0.4 is 5.32 Å². The number of benzene rings is 2. The van der Waals surface area contributed by atoms with Crippen molar-refractivity contribution in [3.05, 3.63) is 70.3 Å². The van der Waals surface area contributed by atoms with Crippen molar-refractivity contribution in [2.24, 2.45) is 0 Å². The topological polar surface area (TPSA) is 68.3 Å². The first kappa shape index (κ1) is 17.2. The number of carbonyl (C=O) groups excluding carboxylic acids is 2. The summed E-state index contributed by atoms with van der Waals surface area (Å²) in [6, 6.07) is 14.3. The molecule has 0 unspecified atom stereocenters. The molecule has 0 saturated carbocycles. The minimum atomic E-state index is -0.587. The number of hydrogen-bond acceptors (Lipinski definition) is 4. The second kappa shape index (κ2) is 7.51. The zero-order valence-corrected chi connectivity index (χ0v) is 14.3. The maximum absolute atomic E-state index is 12.1. The quantitative estimate of drug-likeness (QED) is 0.689. The molecule has 2 aromatic carbocycles. The van der Waals surface area contributed by atoms with Gasteiger partial charge in [-0.3, -0.25) is 4.79 Å². The van der Waals surface area contributed by atoms with Crippen LogP contribution in [0.4, 0.5) is 5.82 Å². The Morgan fingerprint density at radius 3 is 2.56 bits per heavy atom. The van der Waals surface area contributed by atoms with Gasteiger partial charge in [0.05, 0.1) is 15.6 Å². The number of ether oxygens (including phenoxy) is 1. The number of nitrogens with zero attached hydrogens (tertiary/aromatic N) is 1. The van der Waals surface area contributed by atoms with E-state index < -0.39 is 18.5 Å². The average Bonchev–Trinajstić information content (AvgIpc) is 2.61. The highest BCUT2D eigenvalue weighted by molar-refractivity contribution is 6.36. The molecule has 0 radical (unpaired) electrons. The standard InChI is InChI=1S/C18H12Cl2N2O3/c19-14-8-15(20)17(21-9-14)22-16(23)10-25-18(24)13-6-5-11-3-1-2-4-12(11)7-13/h1-9H,10H2,(H,21,22,23). The van der Waals surface area contributed by atoms with Crippen molar-refractivity contribution in [1.82, 2.24) is 4.98 Å². The molecule has 126 valence electrons. The zero-order chi connectivity index (χ0) is 17.8. The summed E-state index contributed by atoms with van der Waals surface area (Å²) in [5, 5.41) is 4.93. The Bertz CT molecular complexity index is 960. The Labute approximate surface area is 153 Å². The van der Waals surface area contributed by atoms with Crippen LogP contribution in [0, 0.1) is 0 Å². The number of pyridine rings is 1. The van der Waals surface area contributed by atoms with Crippen LogP contribution in [0.15, 0.2) is 54.7 Å². The van der Waals surface area contributed by atoms with Crippen LogP contribution in [0.3, 0.4) is 0 Å². The third-order valence-electron chi connectivity index (χ3n) is 3.39. The highest BCUT2D eigenvalue weighted by atomic mass is 35.5. The van der Waals surface area contributed by atoms with Gasteiger partial charge in [0.1, 0.15) is 0 Å². The first-order valence-electron chi connectivity index (χ1n) is 7.30. The fourth-order valence-electron chi connectivity index (χ4n) is 2.21. The van der Waals surface area contributed by atoms with Crippen molar-refractivity contribution >= 4 is 51.7 Å². The average molecular weight is 375 g/mol. The Balaban J connectivity index is 1.61. The zero-order valence-electron chi connectivity index (χ0n) is 12.8. The monoisotopic (exact) mass is 374 g/mol. The number of anilines is 1. The third kappa shape index (κ3) is 4.26. The van der Waals surface area contributed by atoms with E-state index in [-0.39, 0.29) is 10.8 Å². The lowest BCUT2D eigenvalue weighted by atomic mass is 10.1. The van der Waals surface area contributed by atoms with Crippen molar-refractivity contribution < 1.29 is 14.3 Å². The maximum atomic E-state index is 12.1. The molecular weight excluding hydrogens is 363 g/mol. The molecule has 1 heterocycles. The lowest BCUT2D eigenvalue weighted by molar-refractivity contribution is -0.119. The smallest absolute Gasteiger partial charge is 0.338 e. The molecule has 3 aromatic rings. The molecule has 5 nitrogen and oxygen atoms in total. The van der Waals surface area contributed by atoms with E-state index in [0.29, 0.717) is 10.6 Å². The predicted molar refractivity (Wildman–Crippen MR) is 97.1 cm³/mol. The van der Waals surface area contributed by atoms with Gasteiger partial charge in [0, 0.05) is 6.20 Å². The molecule has 25 heavy (non-hydrogen) atoms. The summed E-state index contributed by atoms with van der Waals surface area (Å²) in [7, 11) is 0. The maximum Gasteiger partial charge on any atom is 0.338 e. The number of esters is 1. The SMILES string of the molecule is O=C(COC(=O)c1ccc2ccccc2c1)Nc1ncc(Cl)cc1Cl. The molecule has 3 rings (SSSR count). The number of carbonyl (C=O) groups is 2. The van der Waals surface area contributed by atoms with Crippen LogP contribution in [-0.4, -0.2) is 23.5 Å². The second-order valence-corrected chi connectivity index (χ2v) is 6.01. The van der Waals surface area contributed by atoms with Crippen molar-refractivity contribution in [2.75, 3.05) is 11.9 Å². The van der Waals surface area contributed by atoms with Gasteiger partial charge in [-0.15, -0.1) is 0 Å². The minimum absolute atomic E-state index is 0.151. The Morgan fingerprint density at radius 2 is 1.80 bits per heavy atom. The van der Waals surface area contributed by atoms with E-state index in [1.54, 1.807) is 12.1 Å². The summed E-state index contributed by atoms with van der Waals surface area (Å²) in [4.78, 5) is 27.9. The van der Waals surface area contributed by atoms with Crippen LogP contribution in [0.25, 0.3) is 10.8 Å². The van der Waals surface area contributed by atoms with Crippen LogP contribution in [0.1, 0.15) is 10.4 Å². The normalized spacial score (nSPS) is 10.5. The summed E-state index contributed by atoms with van der Waals surface area (Å²) < 4.78 is 5.03. The predicted octanol–water partition coefficient (Wildman–Crippen LogP) is 4.34. The van der Waals surface area contributed by atoms with E-state index >= 15 is 0 Å². The van der Waals surface area contributed by atoms with E-state index in [1.165, 1.54) is 12.3 Å². The van der Waals surface area contributed by atoms with E-state index in [0.717, 1.165) is 10.8 Å². The largest absolute Gasteiger partial charge is 0.452 e.